The Morgan fingerprint density at radius 2 is 1.46 bits per heavy atom. The minimum absolute atomic E-state index is 0.0198. The van der Waals surface area contributed by atoms with Crippen molar-refractivity contribution in [2.45, 2.75) is 13.2 Å². The number of ether oxygens (including phenoxy) is 2. The summed E-state index contributed by atoms with van der Waals surface area (Å²) < 4.78 is 34.7. The van der Waals surface area contributed by atoms with E-state index in [1.54, 1.807) is 19.2 Å². The van der Waals surface area contributed by atoms with E-state index in [2.05, 4.69) is 20.1 Å². The van der Waals surface area contributed by atoms with Gasteiger partial charge in [-0.2, -0.15) is 0 Å². The Morgan fingerprint density at radius 3 is 2.11 bits per heavy atom. The minimum atomic E-state index is -3.71. The number of hydrogen-bond acceptors (Lipinski definition) is 4. The van der Waals surface area contributed by atoms with Crippen molar-refractivity contribution in [1.82, 2.24) is 0 Å². The number of hydrogen-bond donors (Lipinski definition) is 3. The highest BCUT2D eigenvalue weighted by Crippen LogP contribution is 2.42. The third-order valence-corrected chi connectivity index (χ3v) is 3.95. The Hall–Kier alpha value is -3.20. The van der Waals surface area contributed by atoms with Gasteiger partial charge >= 0.3 is 6.29 Å². The molecule has 0 saturated heterocycles. The van der Waals surface area contributed by atoms with E-state index in [1.807, 2.05) is 19.1 Å². The Morgan fingerprint density at radius 1 is 0.929 bits per heavy atom. The Bertz CT molecular complexity index is 887. The van der Waals surface area contributed by atoms with Crippen molar-refractivity contribution in [3.63, 3.8) is 0 Å². The number of carbonyl (C=O) groups excluding carboxylic acids is 2. The summed E-state index contributed by atoms with van der Waals surface area (Å²) >= 11 is 0. The van der Waals surface area contributed by atoms with Gasteiger partial charge in [0.25, 0.3) is 11.8 Å². The van der Waals surface area contributed by atoms with Crippen molar-refractivity contribution in [3.05, 3.63) is 48.0 Å². The van der Waals surface area contributed by atoms with E-state index >= 15 is 0 Å². The van der Waals surface area contributed by atoms with Crippen molar-refractivity contribution in [2.24, 2.45) is 0 Å². The second-order valence-corrected chi connectivity index (χ2v) is 6.60. The van der Waals surface area contributed by atoms with Crippen LogP contribution in [0.3, 0.4) is 0 Å². The first-order valence-electron chi connectivity index (χ1n) is 8.58. The van der Waals surface area contributed by atoms with Crippen LogP contribution in [-0.2, 0) is 9.59 Å². The molecular weight excluding hydrogens is 372 g/mol. The lowest BCUT2D eigenvalue weighted by atomic mass is 10.2. The number of amides is 2. The largest absolute Gasteiger partial charge is 0.586 e. The minimum Gasteiger partial charge on any atom is -0.395 e. The van der Waals surface area contributed by atoms with Crippen LogP contribution in [0.2, 0.25) is 0 Å². The van der Waals surface area contributed by atoms with Gasteiger partial charge in [0.2, 0.25) is 0 Å². The molecule has 1 atom stereocenters. The van der Waals surface area contributed by atoms with Crippen LogP contribution in [0.1, 0.15) is 5.56 Å². The number of aryl methyl sites for hydroxylation is 1. The molecule has 9 heteroatoms. The predicted octanol–water partition coefficient (Wildman–Crippen LogP) is 1.41. The summed E-state index contributed by atoms with van der Waals surface area (Å²) in [5.41, 5.74) is 2.07. The molecule has 3 rings (SSSR count). The van der Waals surface area contributed by atoms with Crippen LogP contribution in [0.5, 0.6) is 11.5 Å². The van der Waals surface area contributed by atoms with Gasteiger partial charge in [-0.25, -0.2) is 0 Å². The zero-order chi connectivity index (χ0) is 20.3. The first kappa shape index (κ1) is 19.6. The average molecular weight is 392 g/mol. The van der Waals surface area contributed by atoms with E-state index < -0.39 is 6.29 Å². The molecule has 0 saturated carbocycles. The third kappa shape index (κ3) is 5.17. The Labute approximate surface area is 160 Å². The van der Waals surface area contributed by atoms with E-state index in [4.69, 9.17) is 0 Å². The number of carbonyl (C=O) groups is 2. The maximum atomic E-state index is 13.0. The van der Waals surface area contributed by atoms with Gasteiger partial charge in [0, 0.05) is 17.4 Å². The quantitative estimate of drug-likeness (QED) is 0.695. The molecule has 0 aliphatic carbocycles. The molecule has 0 bridgehead atoms. The lowest BCUT2D eigenvalue weighted by Crippen LogP contribution is -3.11. The number of nitrogens with one attached hydrogen (secondary N) is 3. The Balaban J connectivity index is 1.48. The molecule has 2 aromatic rings. The SMILES string of the molecule is Cc1ccc(NC(=O)C[NH+](C)CC(=O)Nc2ccc3c(c2)OC(F)(F)O3)cc1. The van der Waals surface area contributed by atoms with Gasteiger partial charge in [-0.1, -0.05) is 17.7 Å². The average Bonchev–Trinajstić information content (AvgIpc) is 2.89. The smallest absolute Gasteiger partial charge is 0.395 e. The summed E-state index contributed by atoms with van der Waals surface area (Å²) in [4.78, 5) is 24.9. The molecule has 1 aliphatic heterocycles. The van der Waals surface area contributed by atoms with Gasteiger partial charge in [-0.15, -0.1) is 8.78 Å². The number of benzene rings is 2. The van der Waals surface area contributed by atoms with Crippen molar-refractivity contribution in [1.29, 1.82) is 0 Å². The second kappa shape index (κ2) is 7.81. The zero-order valence-electron chi connectivity index (χ0n) is 15.3. The molecule has 2 aromatic carbocycles. The van der Waals surface area contributed by atoms with Crippen LogP contribution in [0.25, 0.3) is 0 Å². The molecular formula is C19H20F2N3O4+. The molecule has 1 unspecified atom stereocenters. The van der Waals surface area contributed by atoms with Gasteiger partial charge < -0.3 is 25.0 Å². The molecule has 0 fully saturated rings. The van der Waals surface area contributed by atoms with Gasteiger partial charge in [-0.05, 0) is 31.2 Å². The molecule has 1 aliphatic rings. The highest BCUT2D eigenvalue weighted by Gasteiger charge is 2.43. The molecule has 28 heavy (non-hydrogen) atoms. The van der Waals surface area contributed by atoms with Crippen LogP contribution in [0.4, 0.5) is 20.2 Å². The standard InChI is InChI=1S/C19H19F2N3O4/c1-12-3-5-13(6-4-12)22-17(25)10-24(2)11-18(26)23-14-7-8-15-16(9-14)28-19(20,21)27-15/h3-9H,10-11H2,1-2H3,(H,22,25)(H,23,26)/p+1. The van der Waals surface area contributed by atoms with Crippen molar-refractivity contribution in [2.75, 3.05) is 30.8 Å². The normalized spacial score (nSPS) is 15.0. The number of likely N-dealkylation sites (N-methyl/N-ethyl adjacent to an activating group) is 1. The summed E-state index contributed by atoms with van der Waals surface area (Å²) in [6.45, 7) is 2.06. The van der Waals surface area contributed by atoms with Crippen LogP contribution >= 0.6 is 0 Å². The number of quaternary nitrogens is 1. The number of rotatable bonds is 6. The summed E-state index contributed by atoms with van der Waals surface area (Å²) in [5.74, 6) is -0.842. The molecule has 7 nitrogen and oxygen atoms in total. The van der Waals surface area contributed by atoms with Crippen molar-refractivity contribution < 1.29 is 32.7 Å². The van der Waals surface area contributed by atoms with E-state index in [0.29, 0.717) is 16.3 Å². The number of alkyl halides is 2. The maximum absolute atomic E-state index is 13.0. The number of fused-ring (bicyclic) bond motifs is 1. The highest BCUT2D eigenvalue weighted by molar-refractivity contribution is 5.93. The van der Waals surface area contributed by atoms with Crippen LogP contribution in [0, 0.1) is 6.92 Å². The van der Waals surface area contributed by atoms with Gasteiger partial charge in [0.15, 0.2) is 24.6 Å². The highest BCUT2D eigenvalue weighted by atomic mass is 19.3. The molecule has 2 amide bonds. The monoisotopic (exact) mass is 392 g/mol. The van der Waals surface area contributed by atoms with Gasteiger partial charge in [0.1, 0.15) is 0 Å². The summed E-state index contributed by atoms with van der Waals surface area (Å²) in [5, 5.41) is 5.35. The third-order valence-electron chi connectivity index (χ3n) is 3.95. The molecule has 1 heterocycles. The first-order valence-corrected chi connectivity index (χ1v) is 8.58. The Kier molecular flexibility index (Phi) is 5.46. The fourth-order valence-electron chi connectivity index (χ4n) is 2.68. The molecule has 0 radical (unpaired) electrons. The zero-order valence-corrected chi connectivity index (χ0v) is 15.3. The fourth-order valence-corrected chi connectivity index (χ4v) is 2.68. The molecule has 148 valence electrons. The maximum Gasteiger partial charge on any atom is 0.586 e. The van der Waals surface area contributed by atoms with Crippen molar-refractivity contribution in [3.8, 4) is 11.5 Å². The van der Waals surface area contributed by atoms with Gasteiger partial charge in [0.05, 0.1) is 7.05 Å². The molecule has 0 spiro atoms. The van der Waals surface area contributed by atoms with E-state index in [-0.39, 0.29) is 36.4 Å². The fraction of sp³-hybridized carbons (Fsp3) is 0.263. The second-order valence-electron chi connectivity index (χ2n) is 6.60. The number of halogens is 2. The topological polar surface area (TPSA) is 81.1 Å². The summed E-state index contributed by atoms with van der Waals surface area (Å²) in [6, 6.07) is 11.4. The number of anilines is 2. The van der Waals surface area contributed by atoms with Gasteiger partial charge in [-0.3, -0.25) is 9.59 Å². The molecule has 3 N–H and O–H groups in total. The van der Waals surface area contributed by atoms with Crippen LogP contribution < -0.4 is 25.0 Å². The van der Waals surface area contributed by atoms with Crippen LogP contribution in [-0.4, -0.2) is 38.2 Å². The molecule has 0 aromatic heterocycles. The summed E-state index contributed by atoms with van der Waals surface area (Å²) in [7, 11) is 1.70. The van der Waals surface area contributed by atoms with E-state index in [1.165, 1.54) is 18.2 Å². The lowest BCUT2D eigenvalue weighted by molar-refractivity contribution is -0.862. The van der Waals surface area contributed by atoms with Crippen LogP contribution in [0.15, 0.2) is 42.5 Å². The lowest BCUT2D eigenvalue weighted by Gasteiger charge is -2.14. The first-order chi connectivity index (χ1) is 13.2. The summed E-state index contributed by atoms with van der Waals surface area (Å²) in [6.07, 6.45) is -3.71. The van der Waals surface area contributed by atoms with E-state index in [9.17, 15) is 18.4 Å². The van der Waals surface area contributed by atoms with E-state index in [0.717, 1.165) is 5.56 Å². The van der Waals surface area contributed by atoms with Crippen molar-refractivity contribution >= 4 is 23.2 Å². The predicted molar refractivity (Wildman–Crippen MR) is 97.7 cm³/mol.